The maximum atomic E-state index is 12.9. The molecule has 0 fully saturated rings. The lowest BCUT2D eigenvalue weighted by atomic mass is 10.1. The molecule has 0 saturated heterocycles. The van der Waals surface area contributed by atoms with Crippen molar-refractivity contribution in [1.29, 1.82) is 0 Å². The second-order valence-corrected chi connectivity index (χ2v) is 7.04. The molecule has 1 heterocycles. The number of fused-ring (bicyclic) bond motifs is 1. The lowest BCUT2D eigenvalue weighted by molar-refractivity contribution is 0.101. The van der Waals surface area contributed by atoms with Gasteiger partial charge in [0.15, 0.2) is 0 Å². The minimum Gasteiger partial charge on any atom is -0.494 e. The molecule has 4 nitrogen and oxygen atoms in total. The summed E-state index contributed by atoms with van der Waals surface area (Å²) in [6.07, 6.45) is 0. The Balaban J connectivity index is 2.03. The van der Waals surface area contributed by atoms with Crippen LogP contribution < -0.4 is 10.1 Å². The summed E-state index contributed by atoms with van der Waals surface area (Å²) in [4.78, 5) is 12.9. The fraction of sp³-hybridized carbons (Fsp3) is 0.250. The van der Waals surface area contributed by atoms with Gasteiger partial charge >= 0.3 is 0 Å². The summed E-state index contributed by atoms with van der Waals surface area (Å²) < 4.78 is 8.80. The van der Waals surface area contributed by atoms with Crippen molar-refractivity contribution >= 4 is 45.1 Å². The molecular formula is C20H21IN2O2. The van der Waals surface area contributed by atoms with Crippen LogP contribution in [0.4, 0.5) is 5.69 Å². The molecular weight excluding hydrogens is 427 g/mol. The van der Waals surface area contributed by atoms with Crippen molar-refractivity contribution in [3.05, 3.63) is 57.3 Å². The maximum absolute atomic E-state index is 12.9. The lowest BCUT2D eigenvalue weighted by Crippen LogP contribution is -2.17. The number of hydrogen-bond donors (Lipinski definition) is 1. The number of nitrogens with one attached hydrogen (secondary N) is 1. The second-order valence-electron chi connectivity index (χ2n) is 5.79. The average molecular weight is 448 g/mol. The molecule has 0 atom stereocenters. The summed E-state index contributed by atoms with van der Waals surface area (Å²) in [5.74, 6) is 0.741. The van der Waals surface area contributed by atoms with E-state index in [0.29, 0.717) is 12.3 Å². The summed E-state index contributed by atoms with van der Waals surface area (Å²) in [5.41, 5.74) is 3.52. The van der Waals surface area contributed by atoms with Crippen LogP contribution in [0.1, 0.15) is 29.9 Å². The quantitative estimate of drug-likeness (QED) is 0.544. The first-order valence-electron chi connectivity index (χ1n) is 8.37. The zero-order valence-corrected chi connectivity index (χ0v) is 16.8. The SMILES string of the molecule is CCOc1ccc2c(c1)c(C)c(C(=O)Nc1ccc(I)cc1)n2CC. The normalized spacial score (nSPS) is 10.9. The molecule has 5 heteroatoms. The minimum absolute atomic E-state index is 0.0882. The lowest BCUT2D eigenvalue weighted by Gasteiger charge is -2.10. The molecule has 0 unspecified atom stereocenters. The highest BCUT2D eigenvalue weighted by atomic mass is 127. The number of aryl methyl sites for hydroxylation is 2. The topological polar surface area (TPSA) is 43.3 Å². The first-order chi connectivity index (χ1) is 12.0. The molecule has 0 bridgehead atoms. The predicted molar refractivity (Wildman–Crippen MR) is 111 cm³/mol. The highest BCUT2D eigenvalue weighted by molar-refractivity contribution is 14.1. The number of halogens is 1. The number of amides is 1. The van der Waals surface area contributed by atoms with E-state index < -0.39 is 0 Å². The van der Waals surface area contributed by atoms with Crippen LogP contribution in [0.2, 0.25) is 0 Å². The van der Waals surface area contributed by atoms with Crippen LogP contribution in [0.5, 0.6) is 5.75 Å². The van der Waals surface area contributed by atoms with E-state index >= 15 is 0 Å². The molecule has 0 saturated carbocycles. The van der Waals surface area contributed by atoms with Gasteiger partial charge in [-0.3, -0.25) is 4.79 Å². The number of carbonyl (C=O) groups excluding carboxylic acids is 1. The van der Waals surface area contributed by atoms with Gasteiger partial charge in [0.2, 0.25) is 0 Å². The van der Waals surface area contributed by atoms with Crippen LogP contribution in [0, 0.1) is 10.5 Å². The molecule has 0 aliphatic rings. The van der Waals surface area contributed by atoms with E-state index in [9.17, 15) is 4.79 Å². The Hall–Kier alpha value is -2.02. The molecule has 1 N–H and O–H groups in total. The van der Waals surface area contributed by atoms with Crippen molar-refractivity contribution < 1.29 is 9.53 Å². The average Bonchev–Trinajstić information content (AvgIpc) is 2.89. The molecule has 1 amide bonds. The van der Waals surface area contributed by atoms with Crippen molar-refractivity contribution in [2.24, 2.45) is 0 Å². The second kappa shape index (κ2) is 7.47. The number of aromatic nitrogens is 1. The first kappa shape index (κ1) is 17.8. The summed E-state index contributed by atoms with van der Waals surface area (Å²) in [5, 5.41) is 4.06. The van der Waals surface area contributed by atoms with Crippen LogP contribution in [0.25, 0.3) is 10.9 Å². The van der Waals surface area contributed by atoms with Crippen molar-refractivity contribution in [2.45, 2.75) is 27.3 Å². The van der Waals surface area contributed by atoms with Gasteiger partial charge in [0.1, 0.15) is 11.4 Å². The highest BCUT2D eigenvalue weighted by Crippen LogP contribution is 2.30. The first-order valence-corrected chi connectivity index (χ1v) is 9.45. The Labute approximate surface area is 161 Å². The molecule has 25 heavy (non-hydrogen) atoms. The Morgan fingerprint density at radius 3 is 2.52 bits per heavy atom. The van der Waals surface area contributed by atoms with Crippen molar-refractivity contribution in [2.75, 3.05) is 11.9 Å². The Bertz CT molecular complexity index is 914. The highest BCUT2D eigenvalue weighted by Gasteiger charge is 2.20. The Kier molecular flexibility index (Phi) is 5.32. The molecule has 0 radical (unpaired) electrons. The van der Waals surface area contributed by atoms with Gasteiger partial charge in [-0.2, -0.15) is 0 Å². The van der Waals surface area contributed by atoms with Crippen LogP contribution in [0.3, 0.4) is 0 Å². The molecule has 3 rings (SSSR count). The van der Waals surface area contributed by atoms with Crippen molar-refractivity contribution in [3.8, 4) is 5.75 Å². The fourth-order valence-electron chi connectivity index (χ4n) is 3.10. The van der Waals surface area contributed by atoms with Gasteiger partial charge < -0.3 is 14.6 Å². The molecule has 3 aromatic rings. The monoisotopic (exact) mass is 448 g/mol. The minimum atomic E-state index is -0.0882. The largest absolute Gasteiger partial charge is 0.494 e. The number of nitrogens with zero attached hydrogens (tertiary/aromatic N) is 1. The van der Waals surface area contributed by atoms with Crippen molar-refractivity contribution in [3.63, 3.8) is 0 Å². The van der Waals surface area contributed by atoms with E-state index in [0.717, 1.165) is 38.0 Å². The number of rotatable bonds is 5. The fourth-order valence-corrected chi connectivity index (χ4v) is 3.46. The number of benzene rings is 2. The smallest absolute Gasteiger partial charge is 0.272 e. The molecule has 130 valence electrons. The standard InChI is InChI=1S/C20H21IN2O2/c1-4-23-18-11-10-16(25-5-2)12-17(18)13(3)19(23)20(24)22-15-8-6-14(21)7-9-15/h6-12H,4-5H2,1-3H3,(H,22,24). The van der Waals surface area contributed by atoms with E-state index in [1.54, 1.807) is 0 Å². The van der Waals surface area contributed by atoms with Gasteiger partial charge in [-0.15, -0.1) is 0 Å². The molecule has 1 aromatic heterocycles. The number of ether oxygens (including phenoxy) is 1. The van der Waals surface area contributed by atoms with Gasteiger partial charge in [0.05, 0.1) is 6.61 Å². The van der Waals surface area contributed by atoms with Crippen LogP contribution in [-0.2, 0) is 6.54 Å². The van der Waals surface area contributed by atoms with Crippen LogP contribution in [0.15, 0.2) is 42.5 Å². The maximum Gasteiger partial charge on any atom is 0.272 e. The molecule has 2 aromatic carbocycles. The van der Waals surface area contributed by atoms with E-state index in [4.69, 9.17) is 4.74 Å². The van der Waals surface area contributed by atoms with Gasteiger partial charge in [0, 0.05) is 26.7 Å². The number of carbonyl (C=O) groups is 1. The van der Waals surface area contributed by atoms with Gasteiger partial charge in [-0.25, -0.2) is 0 Å². The Morgan fingerprint density at radius 1 is 1.16 bits per heavy atom. The summed E-state index contributed by atoms with van der Waals surface area (Å²) >= 11 is 2.25. The third kappa shape index (κ3) is 3.51. The van der Waals surface area contributed by atoms with Crippen LogP contribution in [-0.4, -0.2) is 17.1 Å². The number of anilines is 1. The summed E-state index contributed by atoms with van der Waals surface area (Å²) in [7, 11) is 0. The molecule has 0 aliphatic heterocycles. The van der Waals surface area contributed by atoms with Crippen LogP contribution >= 0.6 is 22.6 Å². The van der Waals surface area contributed by atoms with Gasteiger partial charge in [0.25, 0.3) is 5.91 Å². The summed E-state index contributed by atoms with van der Waals surface area (Å²) in [6.45, 7) is 7.37. The summed E-state index contributed by atoms with van der Waals surface area (Å²) in [6, 6.07) is 13.8. The van der Waals surface area contributed by atoms with Gasteiger partial charge in [-0.05, 0) is 91.4 Å². The Morgan fingerprint density at radius 2 is 1.88 bits per heavy atom. The van der Waals surface area contributed by atoms with E-state index in [-0.39, 0.29) is 5.91 Å². The third-order valence-corrected chi connectivity index (χ3v) is 4.95. The zero-order valence-electron chi connectivity index (χ0n) is 14.6. The van der Waals surface area contributed by atoms with E-state index in [1.807, 2.05) is 56.3 Å². The molecule has 0 spiro atoms. The van der Waals surface area contributed by atoms with Crippen molar-refractivity contribution in [1.82, 2.24) is 4.57 Å². The molecule has 0 aliphatic carbocycles. The third-order valence-electron chi connectivity index (χ3n) is 4.23. The number of hydrogen-bond acceptors (Lipinski definition) is 2. The van der Waals surface area contributed by atoms with E-state index in [1.165, 1.54) is 0 Å². The predicted octanol–water partition coefficient (Wildman–Crippen LogP) is 5.23. The van der Waals surface area contributed by atoms with E-state index in [2.05, 4.69) is 39.4 Å². The van der Waals surface area contributed by atoms with Gasteiger partial charge in [-0.1, -0.05) is 0 Å². The zero-order chi connectivity index (χ0) is 18.0.